The summed E-state index contributed by atoms with van der Waals surface area (Å²) >= 11 is 0. The lowest BCUT2D eigenvalue weighted by molar-refractivity contribution is 0.0908. The van der Waals surface area contributed by atoms with Crippen LogP contribution < -0.4 is 11.1 Å². The molecule has 110 valence electrons. The lowest BCUT2D eigenvalue weighted by Gasteiger charge is -2.31. The summed E-state index contributed by atoms with van der Waals surface area (Å²) in [6, 6.07) is 9.70. The lowest BCUT2D eigenvalue weighted by Crippen LogP contribution is -2.44. The third-order valence-corrected chi connectivity index (χ3v) is 4.39. The molecule has 21 heavy (non-hydrogen) atoms. The molecule has 4 nitrogen and oxygen atoms in total. The second kappa shape index (κ2) is 6.22. The molecule has 1 aromatic heterocycles. The van der Waals surface area contributed by atoms with Gasteiger partial charge in [-0.3, -0.25) is 9.78 Å². The average molecular weight is 283 g/mol. The minimum absolute atomic E-state index is 0.00824. The molecule has 0 aliphatic heterocycles. The first-order valence-electron chi connectivity index (χ1n) is 7.63. The van der Waals surface area contributed by atoms with Gasteiger partial charge in [0.05, 0.1) is 5.52 Å². The highest BCUT2D eigenvalue weighted by Gasteiger charge is 2.25. The molecular formula is C17H21N3O. The Labute approximate surface area is 124 Å². The summed E-state index contributed by atoms with van der Waals surface area (Å²) in [7, 11) is 0. The number of carbonyl (C=O) groups is 1. The lowest BCUT2D eigenvalue weighted by atomic mass is 9.84. The molecule has 0 spiro atoms. The summed E-state index contributed by atoms with van der Waals surface area (Å²) in [5.41, 5.74) is 7.42. The van der Waals surface area contributed by atoms with E-state index in [2.05, 4.69) is 10.3 Å². The third-order valence-electron chi connectivity index (χ3n) is 4.39. The van der Waals surface area contributed by atoms with Crippen LogP contribution in [0.25, 0.3) is 10.9 Å². The summed E-state index contributed by atoms with van der Waals surface area (Å²) < 4.78 is 0. The summed E-state index contributed by atoms with van der Waals surface area (Å²) in [5.74, 6) is 0.399. The molecule has 2 aromatic rings. The number of rotatable bonds is 3. The van der Waals surface area contributed by atoms with Crippen LogP contribution in [0, 0.1) is 5.92 Å². The number of nitrogens with two attached hydrogens (primary N) is 1. The van der Waals surface area contributed by atoms with Crippen LogP contribution in [0.15, 0.2) is 36.5 Å². The third kappa shape index (κ3) is 3.05. The van der Waals surface area contributed by atoms with Crippen LogP contribution >= 0.6 is 0 Å². The van der Waals surface area contributed by atoms with Gasteiger partial charge in [0.2, 0.25) is 0 Å². The molecule has 1 aromatic carbocycles. The minimum atomic E-state index is -0.00824. The minimum Gasteiger partial charge on any atom is -0.349 e. The van der Waals surface area contributed by atoms with Gasteiger partial charge in [0.15, 0.2) is 0 Å². The molecule has 1 amide bonds. The Morgan fingerprint density at radius 1 is 1.29 bits per heavy atom. The van der Waals surface area contributed by atoms with E-state index in [1.807, 2.05) is 30.3 Å². The van der Waals surface area contributed by atoms with Gasteiger partial charge in [-0.1, -0.05) is 18.9 Å². The fourth-order valence-electron chi connectivity index (χ4n) is 3.15. The molecule has 0 bridgehead atoms. The first kappa shape index (κ1) is 14.0. The van der Waals surface area contributed by atoms with Crippen molar-refractivity contribution in [1.82, 2.24) is 10.3 Å². The van der Waals surface area contributed by atoms with Crippen LogP contribution in [0.2, 0.25) is 0 Å². The van der Waals surface area contributed by atoms with E-state index in [0.29, 0.717) is 18.0 Å². The predicted molar refractivity (Wildman–Crippen MR) is 84.0 cm³/mol. The van der Waals surface area contributed by atoms with Crippen LogP contribution in [0.4, 0.5) is 0 Å². The van der Waals surface area contributed by atoms with E-state index in [0.717, 1.165) is 23.7 Å². The van der Waals surface area contributed by atoms with Crippen molar-refractivity contribution >= 4 is 16.8 Å². The average Bonchev–Trinajstić information content (AvgIpc) is 2.55. The topological polar surface area (TPSA) is 68.0 Å². The molecule has 0 radical (unpaired) electrons. The number of carbonyl (C=O) groups excluding carboxylic acids is 1. The van der Waals surface area contributed by atoms with Crippen molar-refractivity contribution in [3.63, 3.8) is 0 Å². The number of benzene rings is 1. The normalized spacial score (nSPS) is 22.1. The first-order valence-corrected chi connectivity index (χ1v) is 7.63. The SMILES string of the molecule is NCC1CCCCC1NC(=O)c1ccc2ncccc2c1. The second-order valence-electron chi connectivity index (χ2n) is 5.77. The first-order chi connectivity index (χ1) is 10.3. The van der Waals surface area contributed by atoms with Crippen LogP contribution in [0.3, 0.4) is 0 Å². The van der Waals surface area contributed by atoms with E-state index < -0.39 is 0 Å². The molecule has 0 saturated heterocycles. The van der Waals surface area contributed by atoms with Crippen molar-refractivity contribution < 1.29 is 4.79 Å². The van der Waals surface area contributed by atoms with Crippen molar-refractivity contribution in [3.05, 3.63) is 42.1 Å². The van der Waals surface area contributed by atoms with Gasteiger partial charge in [0.1, 0.15) is 0 Å². The molecule has 2 unspecified atom stereocenters. The molecular weight excluding hydrogens is 262 g/mol. The van der Waals surface area contributed by atoms with Gasteiger partial charge in [0.25, 0.3) is 5.91 Å². The van der Waals surface area contributed by atoms with E-state index >= 15 is 0 Å². The van der Waals surface area contributed by atoms with Crippen LogP contribution in [-0.4, -0.2) is 23.5 Å². The summed E-state index contributed by atoms with van der Waals surface area (Å²) in [6.45, 7) is 0.645. The quantitative estimate of drug-likeness (QED) is 0.909. The molecule has 3 rings (SSSR count). The maximum atomic E-state index is 12.4. The maximum Gasteiger partial charge on any atom is 0.251 e. The zero-order valence-corrected chi connectivity index (χ0v) is 12.1. The summed E-state index contributed by atoms with van der Waals surface area (Å²) in [4.78, 5) is 16.7. The van der Waals surface area contributed by atoms with Crippen molar-refractivity contribution in [2.24, 2.45) is 11.7 Å². The molecule has 1 saturated carbocycles. The number of nitrogens with one attached hydrogen (secondary N) is 1. The number of hydrogen-bond donors (Lipinski definition) is 2. The van der Waals surface area contributed by atoms with E-state index in [1.54, 1.807) is 6.20 Å². The number of hydrogen-bond acceptors (Lipinski definition) is 3. The van der Waals surface area contributed by atoms with Crippen LogP contribution in [0.5, 0.6) is 0 Å². The largest absolute Gasteiger partial charge is 0.349 e. The number of pyridine rings is 1. The standard InChI is InChI=1S/C17H21N3O/c18-11-14-4-1-2-6-16(14)20-17(21)13-7-8-15-12(10-13)5-3-9-19-15/h3,5,7-10,14,16H,1-2,4,6,11,18H2,(H,20,21). The number of nitrogens with zero attached hydrogens (tertiary/aromatic N) is 1. The fourth-order valence-corrected chi connectivity index (χ4v) is 3.15. The molecule has 1 heterocycles. The molecule has 2 atom stereocenters. The Balaban J connectivity index is 1.76. The number of amides is 1. The smallest absolute Gasteiger partial charge is 0.251 e. The summed E-state index contributed by atoms with van der Waals surface area (Å²) in [6.07, 6.45) is 6.29. The van der Waals surface area contributed by atoms with Gasteiger partial charge in [-0.05, 0) is 49.6 Å². The van der Waals surface area contributed by atoms with Crippen LogP contribution in [-0.2, 0) is 0 Å². The van der Waals surface area contributed by atoms with E-state index in [-0.39, 0.29) is 11.9 Å². The Morgan fingerprint density at radius 2 is 2.14 bits per heavy atom. The Morgan fingerprint density at radius 3 is 3.00 bits per heavy atom. The van der Waals surface area contributed by atoms with Crippen molar-refractivity contribution in [2.45, 2.75) is 31.7 Å². The maximum absolute atomic E-state index is 12.4. The zero-order valence-electron chi connectivity index (χ0n) is 12.1. The highest BCUT2D eigenvalue weighted by atomic mass is 16.1. The number of aromatic nitrogens is 1. The van der Waals surface area contributed by atoms with Crippen LogP contribution in [0.1, 0.15) is 36.0 Å². The number of fused-ring (bicyclic) bond motifs is 1. The van der Waals surface area contributed by atoms with Gasteiger partial charge in [-0.2, -0.15) is 0 Å². The van der Waals surface area contributed by atoms with Gasteiger partial charge in [-0.15, -0.1) is 0 Å². The second-order valence-corrected chi connectivity index (χ2v) is 5.77. The highest BCUT2D eigenvalue weighted by Crippen LogP contribution is 2.24. The van der Waals surface area contributed by atoms with Crippen molar-refractivity contribution in [3.8, 4) is 0 Å². The van der Waals surface area contributed by atoms with Gasteiger partial charge in [0, 0.05) is 23.2 Å². The molecule has 3 N–H and O–H groups in total. The van der Waals surface area contributed by atoms with E-state index in [1.165, 1.54) is 12.8 Å². The zero-order chi connectivity index (χ0) is 14.7. The molecule has 1 aliphatic rings. The van der Waals surface area contributed by atoms with Gasteiger partial charge >= 0.3 is 0 Å². The van der Waals surface area contributed by atoms with E-state index in [9.17, 15) is 4.79 Å². The Kier molecular flexibility index (Phi) is 4.15. The monoisotopic (exact) mass is 283 g/mol. The van der Waals surface area contributed by atoms with Gasteiger partial charge in [-0.25, -0.2) is 0 Å². The van der Waals surface area contributed by atoms with Crippen molar-refractivity contribution in [1.29, 1.82) is 0 Å². The predicted octanol–water partition coefficient (Wildman–Crippen LogP) is 2.48. The Bertz CT molecular complexity index is 641. The van der Waals surface area contributed by atoms with E-state index in [4.69, 9.17) is 5.73 Å². The fraction of sp³-hybridized carbons (Fsp3) is 0.412. The molecule has 1 fully saturated rings. The Hall–Kier alpha value is -1.94. The molecule has 4 heteroatoms. The highest BCUT2D eigenvalue weighted by molar-refractivity contribution is 5.98. The van der Waals surface area contributed by atoms with Crippen molar-refractivity contribution in [2.75, 3.05) is 6.54 Å². The summed E-state index contributed by atoms with van der Waals surface area (Å²) in [5, 5.41) is 4.15. The molecule has 1 aliphatic carbocycles. The van der Waals surface area contributed by atoms with Gasteiger partial charge < -0.3 is 11.1 Å².